The predicted molar refractivity (Wildman–Crippen MR) is 95.6 cm³/mol. The van der Waals surface area contributed by atoms with Gasteiger partial charge in [0.05, 0.1) is 0 Å². The van der Waals surface area contributed by atoms with Crippen LogP contribution in [0.3, 0.4) is 0 Å². The number of allylic oxidation sites excluding steroid dienone is 7. The summed E-state index contributed by atoms with van der Waals surface area (Å²) in [5, 5.41) is 0. The van der Waals surface area contributed by atoms with Gasteiger partial charge in [-0.3, -0.25) is 0 Å². The highest BCUT2D eigenvalue weighted by Crippen LogP contribution is 2.10. The summed E-state index contributed by atoms with van der Waals surface area (Å²) in [6.45, 7) is 8.07. The van der Waals surface area contributed by atoms with Crippen molar-refractivity contribution in [3.8, 4) is 0 Å². The molecule has 112 valence electrons. The van der Waals surface area contributed by atoms with Crippen molar-refractivity contribution in [1.82, 2.24) is 0 Å². The van der Waals surface area contributed by atoms with E-state index in [2.05, 4.69) is 62.1 Å². The molecule has 0 nitrogen and oxygen atoms in total. The molecule has 0 fully saturated rings. The molecule has 0 N–H and O–H groups in total. The zero-order valence-electron chi connectivity index (χ0n) is 13.5. The molecule has 1 aromatic carbocycles. The van der Waals surface area contributed by atoms with Gasteiger partial charge in [0.15, 0.2) is 0 Å². The number of benzene rings is 1. The summed E-state index contributed by atoms with van der Waals surface area (Å²) >= 11 is 0. The lowest BCUT2D eigenvalue weighted by Gasteiger charge is -2.01. The van der Waals surface area contributed by atoms with E-state index < -0.39 is 0 Å². The molecular weight excluding hydrogens is 252 g/mol. The fourth-order valence-corrected chi connectivity index (χ4v) is 2.14. The highest BCUT2D eigenvalue weighted by molar-refractivity contribution is 5.24. The number of hydrogen-bond donors (Lipinski definition) is 0. The average molecular weight is 280 g/mol. The Balaban J connectivity index is 2.26. The van der Waals surface area contributed by atoms with Crippen LogP contribution in [0.4, 0.5) is 0 Å². The Kier molecular flexibility index (Phi) is 8.95. The van der Waals surface area contributed by atoms with Crippen molar-refractivity contribution in [3.63, 3.8) is 0 Å². The number of aryl methyl sites for hydroxylation is 2. The summed E-state index contributed by atoms with van der Waals surface area (Å²) < 4.78 is 0. The van der Waals surface area contributed by atoms with Crippen LogP contribution < -0.4 is 0 Å². The van der Waals surface area contributed by atoms with Crippen LogP contribution in [0.1, 0.15) is 44.2 Å². The van der Waals surface area contributed by atoms with Crippen molar-refractivity contribution in [2.45, 2.75) is 46.0 Å². The zero-order valence-corrected chi connectivity index (χ0v) is 13.5. The molecule has 0 unspecified atom stereocenters. The van der Waals surface area contributed by atoms with Crippen molar-refractivity contribution < 1.29 is 0 Å². The van der Waals surface area contributed by atoms with E-state index in [1.165, 1.54) is 23.1 Å². The molecule has 0 amide bonds. The van der Waals surface area contributed by atoms with E-state index in [-0.39, 0.29) is 0 Å². The van der Waals surface area contributed by atoms with Gasteiger partial charge in [0.25, 0.3) is 0 Å². The molecule has 0 atom stereocenters. The van der Waals surface area contributed by atoms with Crippen LogP contribution in [0.2, 0.25) is 0 Å². The maximum absolute atomic E-state index is 3.85. The van der Waals surface area contributed by atoms with Gasteiger partial charge < -0.3 is 0 Å². The van der Waals surface area contributed by atoms with Gasteiger partial charge in [-0.2, -0.15) is 0 Å². The third kappa shape index (κ3) is 7.51. The first-order valence-electron chi connectivity index (χ1n) is 7.97. The summed E-state index contributed by atoms with van der Waals surface area (Å²) in [4.78, 5) is 0. The second kappa shape index (κ2) is 10.9. The SMILES string of the molecule is C=CC(=CC=CC)CC=CCCCc1ccc(CC)cc1. The summed E-state index contributed by atoms with van der Waals surface area (Å²) in [6.07, 6.45) is 18.3. The lowest BCUT2D eigenvalue weighted by molar-refractivity contribution is 0.840. The minimum atomic E-state index is 0.971. The predicted octanol–water partition coefficient (Wildman–Crippen LogP) is 6.21. The van der Waals surface area contributed by atoms with E-state index in [0.717, 1.165) is 25.7 Å². The molecule has 0 spiro atoms. The molecule has 0 heterocycles. The van der Waals surface area contributed by atoms with Gasteiger partial charge in [0.2, 0.25) is 0 Å². The molecular formula is C21H28. The smallest absolute Gasteiger partial charge is 0.00977 e. The molecule has 0 aliphatic carbocycles. The second-order valence-corrected chi connectivity index (χ2v) is 5.21. The highest BCUT2D eigenvalue weighted by Gasteiger charge is 1.93. The van der Waals surface area contributed by atoms with Crippen LogP contribution in [-0.4, -0.2) is 0 Å². The highest BCUT2D eigenvalue weighted by atomic mass is 14.0. The molecule has 0 bridgehead atoms. The first-order chi connectivity index (χ1) is 10.3. The Morgan fingerprint density at radius 2 is 1.81 bits per heavy atom. The first kappa shape index (κ1) is 17.2. The molecule has 21 heavy (non-hydrogen) atoms. The number of hydrogen-bond acceptors (Lipinski definition) is 0. The van der Waals surface area contributed by atoms with Gasteiger partial charge in [-0.25, -0.2) is 0 Å². The zero-order chi connectivity index (χ0) is 15.3. The third-order valence-electron chi connectivity index (χ3n) is 3.55. The van der Waals surface area contributed by atoms with E-state index in [9.17, 15) is 0 Å². The van der Waals surface area contributed by atoms with Crippen LogP contribution >= 0.6 is 0 Å². The van der Waals surface area contributed by atoms with Gasteiger partial charge in [-0.1, -0.05) is 74.2 Å². The van der Waals surface area contributed by atoms with Crippen molar-refractivity contribution in [2.24, 2.45) is 0 Å². The Morgan fingerprint density at radius 3 is 2.43 bits per heavy atom. The topological polar surface area (TPSA) is 0 Å². The Morgan fingerprint density at radius 1 is 1.10 bits per heavy atom. The van der Waals surface area contributed by atoms with Gasteiger partial charge >= 0.3 is 0 Å². The molecule has 0 heteroatoms. The molecule has 1 aromatic rings. The monoisotopic (exact) mass is 280 g/mol. The van der Waals surface area contributed by atoms with Crippen molar-refractivity contribution >= 4 is 0 Å². The minimum absolute atomic E-state index is 0.971. The van der Waals surface area contributed by atoms with Crippen molar-refractivity contribution in [1.29, 1.82) is 0 Å². The summed E-state index contributed by atoms with van der Waals surface area (Å²) in [5.41, 5.74) is 4.13. The Bertz CT molecular complexity index is 483. The molecule has 0 aromatic heterocycles. The van der Waals surface area contributed by atoms with Crippen molar-refractivity contribution in [2.75, 3.05) is 0 Å². The fourth-order valence-electron chi connectivity index (χ4n) is 2.14. The summed E-state index contributed by atoms with van der Waals surface area (Å²) in [7, 11) is 0. The molecule has 0 saturated carbocycles. The molecule has 0 saturated heterocycles. The quantitative estimate of drug-likeness (QED) is 0.287. The largest absolute Gasteiger partial charge is 0.0988 e. The molecule has 0 radical (unpaired) electrons. The van der Waals surface area contributed by atoms with Gasteiger partial charge in [0, 0.05) is 0 Å². The minimum Gasteiger partial charge on any atom is -0.0988 e. The standard InChI is InChI=1S/C21H28/c1-4-7-12-19(5-2)13-10-8-9-11-14-21-17-15-20(6-3)16-18-21/h4-5,7-8,10,12,15-18H,2,6,9,11,13-14H2,1,3H3. The van der Waals surface area contributed by atoms with Gasteiger partial charge in [-0.05, 0) is 55.7 Å². The van der Waals surface area contributed by atoms with Crippen molar-refractivity contribution in [3.05, 3.63) is 84.0 Å². The number of rotatable bonds is 9. The fraction of sp³-hybridized carbons (Fsp3) is 0.333. The van der Waals surface area contributed by atoms with Crippen LogP contribution in [0, 0.1) is 0 Å². The van der Waals surface area contributed by atoms with Gasteiger partial charge in [0.1, 0.15) is 0 Å². The van der Waals surface area contributed by atoms with Crippen LogP contribution in [-0.2, 0) is 12.8 Å². The average Bonchev–Trinajstić information content (AvgIpc) is 2.54. The third-order valence-corrected chi connectivity index (χ3v) is 3.55. The first-order valence-corrected chi connectivity index (χ1v) is 7.97. The second-order valence-electron chi connectivity index (χ2n) is 5.21. The van der Waals surface area contributed by atoms with E-state index >= 15 is 0 Å². The Labute approximate surface area is 130 Å². The summed E-state index contributed by atoms with van der Waals surface area (Å²) in [6, 6.07) is 9.01. The Hall–Kier alpha value is -1.82. The maximum atomic E-state index is 3.85. The summed E-state index contributed by atoms with van der Waals surface area (Å²) in [5.74, 6) is 0. The molecule has 1 rings (SSSR count). The van der Waals surface area contributed by atoms with Crippen LogP contribution in [0.15, 0.2) is 72.9 Å². The molecule has 0 aliphatic rings. The van der Waals surface area contributed by atoms with Gasteiger partial charge in [-0.15, -0.1) is 0 Å². The van der Waals surface area contributed by atoms with E-state index in [4.69, 9.17) is 0 Å². The molecule has 0 aliphatic heterocycles. The van der Waals surface area contributed by atoms with E-state index in [1.54, 1.807) is 0 Å². The lowest BCUT2D eigenvalue weighted by atomic mass is 10.0. The maximum Gasteiger partial charge on any atom is -0.00977 e. The number of unbranched alkanes of at least 4 members (excludes halogenated alkanes) is 1. The van der Waals surface area contributed by atoms with Crippen LogP contribution in [0.25, 0.3) is 0 Å². The van der Waals surface area contributed by atoms with E-state index in [0.29, 0.717) is 0 Å². The normalized spacial score (nSPS) is 12.4. The van der Waals surface area contributed by atoms with Crippen LogP contribution in [0.5, 0.6) is 0 Å². The lowest BCUT2D eigenvalue weighted by Crippen LogP contribution is -1.86. The van der Waals surface area contributed by atoms with E-state index in [1.807, 2.05) is 19.1 Å².